The number of nitrogens with one attached hydrogen (secondary N) is 1. The summed E-state index contributed by atoms with van der Waals surface area (Å²) in [7, 11) is 0. The van der Waals surface area contributed by atoms with Gasteiger partial charge in [0.1, 0.15) is 11.3 Å². The van der Waals surface area contributed by atoms with E-state index in [-0.39, 0.29) is 17.0 Å². The van der Waals surface area contributed by atoms with Gasteiger partial charge in [0.05, 0.1) is 6.20 Å². The maximum atomic E-state index is 11.0. The number of fused-ring (bicyclic) bond motifs is 1. The second-order valence-corrected chi connectivity index (χ2v) is 3.77. The number of rotatable bonds is 2. The highest BCUT2D eigenvalue weighted by Gasteiger charge is 2.18. The molecule has 0 atom stereocenters. The van der Waals surface area contributed by atoms with E-state index in [9.17, 15) is 9.90 Å². The first kappa shape index (κ1) is 10.4. The molecule has 18 heavy (non-hydrogen) atoms. The van der Waals surface area contributed by atoms with Crippen molar-refractivity contribution in [2.24, 2.45) is 0 Å². The van der Waals surface area contributed by atoms with Crippen molar-refractivity contribution in [3.05, 3.63) is 36.0 Å². The first-order chi connectivity index (χ1) is 8.66. The average Bonchev–Trinajstić information content (AvgIpc) is 2.95. The largest absolute Gasteiger partial charge is 0.504 e. The Kier molecular flexibility index (Phi) is 2.09. The van der Waals surface area contributed by atoms with Crippen molar-refractivity contribution in [3.8, 4) is 17.2 Å². The molecule has 90 valence electrons. The predicted octanol–water partition coefficient (Wildman–Crippen LogP) is 2.23. The van der Waals surface area contributed by atoms with E-state index in [1.54, 1.807) is 18.2 Å². The number of aromatic hydroxyl groups is 1. The molecule has 2 heterocycles. The number of carboxylic acid groups (broad SMARTS) is 1. The Bertz CT molecular complexity index is 741. The van der Waals surface area contributed by atoms with Crippen LogP contribution in [0.4, 0.5) is 0 Å². The third-order valence-corrected chi connectivity index (χ3v) is 2.64. The Balaban J connectivity index is 2.23. The van der Waals surface area contributed by atoms with Crippen molar-refractivity contribution >= 4 is 16.9 Å². The van der Waals surface area contributed by atoms with Crippen molar-refractivity contribution in [1.82, 2.24) is 10.2 Å². The van der Waals surface area contributed by atoms with Gasteiger partial charge in [-0.2, -0.15) is 5.10 Å². The number of carboxylic acids is 1. The van der Waals surface area contributed by atoms with Crippen molar-refractivity contribution in [3.63, 3.8) is 0 Å². The van der Waals surface area contributed by atoms with Crippen LogP contribution in [0.1, 0.15) is 10.4 Å². The molecule has 0 saturated heterocycles. The van der Waals surface area contributed by atoms with Gasteiger partial charge >= 0.3 is 5.97 Å². The fourth-order valence-corrected chi connectivity index (χ4v) is 1.81. The van der Waals surface area contributed by atoms with Crippen molar-refractivity contribution in [1.29, 1.82) is 0 Å². The highest BCUT2D eigenvalue weighted by molar-refractivity contribution is 5.95. The fraction of sp³-hybridized carbons (Fsp3) is 0. The van der Waals surface area contributed by atoms with Crippen LogP contribution in [0.5, 0.6) is 5.75 Å². The van der Waals surface area contributed by atoms with Gasteiger partial charge in [0, 0.05) is 5.39 Å². The number of phenols is 1. The number of phenolic OH excluding ortho intramolecular Hbond substituents is 1. The number of carbonyl (C=O) groups is 1. The summed E-state index contributed by atoms with van der Waals surface area (Å²) >= 11 is 0. The number of aromatic carboxylic acids is 1. The van der Waals surface area contributed by atoms with Crippen LogP contribution >= 0.6 is 0 Å². The summed E-state index contributed by atoms with van der Waals surface area (Å²) in [4.78, 5) is 11.0. The van der Waals surface area contributed by atoms with Gasteiger partial charge in [-0.1, -0.05) is 12.1 Å². The SMILES string of the molecule is O=C(O)c1cn[nH]c1-c1cc2cccc(O)c2o1. The molecule has 0 unspecified atom stereocenters. The molecule has 0 aliphatic carbocycles. The van der Waals surface area contributed by atoms with Crippen LogP contribution in [0.2, 0.25) is 0 Å². The van der Waals surface area contributed by atoms with Crippen molar-refractivity contribution in [2.75, 3.05) is 0 Å². The summed E-state index contributed by atoms with van der Waals surface area (Å²) in [5.41, 5.74) is 0.616. The number of nitrogens with zero attached hydrogens (tertiary/aromatic N) is 1. The lowest BCUT2D eigenvalue weighted by atomic mass is 10.2. The van der Waals surface area contributed by atoms with Gasteiger partial charge in [-0.3, -0.25) is 5.10 Å². The summed E-state index contributed by atoms with van der Waals surface area (Å²) in [6.45, 7) is 0. The molecule has 6 nitrogen and oxygen atoms in total. The highest BCUT2D eigenvalue weighted by Crippen LogP contribution is 2.33. The standard InChI is InChI=1S/C12H8N2O4/c15-8-3-1-2-6-4-9(18-11(6)8)10-7(12(16)17)5-13-14-10/h1-5,15H,(H,13,14)(H,16,17). The minimum Gasteiger partial charge on any atom is -0.504 e. The zero-order chi connectivity index (χ0) is 12.7. The topological polar surface area (TPSA) is 99.3 Å². The minimum absolute atomic E-state index is 0.00939. The van der Waals surface area contributed by atoms with Gasteiger partial charge in [-0.05, 0) is 12.1 Å². The number of hydrogen-bond acceptors (Lipinski definition) is 4. The second kappa shape index (κ2) is 3.63. The molecule has 3 aromatic rings. The zero-order valence-electron chi connectivity index (χ0n) is 9.04. The number of H-pyrrole nitrogens is 1. The summed E-state index contributed by atoms with van der Waals surface area (Å²) < 4.78 is 5.45. The molecule has 3 N–H and O–H groups in total. The molecule has 0 aliphatic heterocycles. The second-order valence-electron chi connectivity index (χ2n) is 3.77. The summed E-state index contributed by atoms with van der Waals surface area (Å²) in [6, 6.07) is 6.59. The highest BCUT2D eigenvalue weighted by atomic mass is 16.4. The van der Waals surface area contributed by atoms with E-state index >= 15 is 0 Å². The van der Waals surface area contributed by atoms with Crippen LogP contribution in [0.3, 0.4) is 0 Å². The number of para-hydroxylation sites is 1. The Morgan fingerprint density at radius 1 is 1.39 bits per heavy atom. The molecule has 0 radical (unpaired) electrons. The van der Waals surface area contributed by atoms with Crippen LogP contribution in [0, 0.1) is 0 Å². The third kappa shape index (κ3) is 1.43. The molecule has 0 aliphatic rings. The molecular formula is C12H8N2O4. The molecule has 2 aromatic heterocycles. The lowest BCUT2D eigenvalue weighted by Gasteiger charge is -1.94. The molecular weight excluding hydrogens is 236 g/mol. The maximum absolute atomic E-state index is 11.0. The number of aromatic amines is 1. The van der Waals surface area contributed by atoms with Gasteiger partial charge in [0.15, 0.2) is 17.1 Å². The van der Waals surface area contributed by atoms with Gasteiger partial charge in [0.2, 0.25) is 0 Å². The van der Waals surface area contributed by atoms with Crippen LogP contribution in [-0.2, 0) is 0 Å². The molecule has 0 saturated carbocycles. The number of benzene rings is 1. The van der Waals surface area contributed by atoms with Crippen LogP contribution in [0.25, 0.3) is 22.4 Å². The number of aromatic nitrogens is 2. The number of hydrogen-bond donors (Lipinski definition) is 3. The fourth-order valence-electron chi connectivity index (χ4n) is 1.81. The van der Waals surface area contributed by atoms with Crippen molar-refractivity contribution < 1.29 is 19.4 Å². The van der Waals surface area contributed by atoms with Gasteiger partial charge in [-0.25, -0.2) is 4.79 Å². The predicted molar refractivity (Wildman–Crippen MR) is 62.4 cm³/mol. The maximum Gasteiger partial charge on any atom is 0.339 e. The quantitative estimate of drug-likeness (QED) is 0.641. The van der Waals surface area contributed by atoms with Crippen molar-refractivity contribution in [2.45, 2.75) is 0 Å². The van der Waals surface area contributed by atoms with E-state index in [1.165, 1.54) is 12.3 Å². The smallest absolute Gasteiger partial charge is 0.339 e. The van der Waals surface area contributed by atoms with Gasteiger partial charge in [0.25, 0.3) is 0 Å². The molecule has 0 amide bonds. The van der Waals surface area contributed by atoms with Crippen LogP contribution in [-0.4, -0.2) is 26.4 Å². The van der Waals surface area contributed by atoms with E-state index in [0.717, 1.165) is 0 Å². The van der Waals surface area contributed by atoms with Gasteiger partial charge in [-0.15, -0.1) is 0 Å². The van der Waals surface area contributed by atoms with E-state index < -0.39 is 5.97 Å². The Hall–Kier alpha value is -2.76. The third-order valence-electron chi connectivity index (χ3n) is 2.64. The molecule has 0 spiro atoms. The van der Waals surface area contributed by atoms with E-state index in [1.807, 2.05) is 0 Å². The molecule has 0 fully saturated rings. The Morgan fingerprint density at radius 2 is 2.22 bits per heavy atom. The van der Waals surface area contributed by atoms with Crippen LogP contribution in [0.15, 0.2) is 34.9 Å². The summed E-state index contributed by atoms with van der Waals surface area (Å²) in [6.07, 6.45) is 1.21. The zero-order valence-corrected chi connectivity index (χ0v) is 9.04. The summed E-state index contributed by atoms with van der Waals surface area (Å²) in [5.74, 6) is -0.764. The molecule has 3 rings (SSSR count). The lowest BCUT2D eigenvalue weighted by Crippen LogP contribution is -1.95. The molecule has 1 aromatic carbocycles. The van der Waals surface area contributed by atoms with Gasteiger partial charge < -0.3 is 14.6 Å². The minimum atomic E-state index is -1.09. The first-order valence-electron chi connectivity index (χ1n) is 5.15. The lowest BCUT2D eigenvalue weighted by molar-refractivity contribution is 0.0697. The summed E-state index contributed by atoms with van der Waals surface area (Å²) in [5, 5.41) is 25.6. The normalized spacial score (nSPS) is 10.9. The molecule has 6 heteroatoms. The average molecular weight is 244 g/mol. The first-order valence-corrected chi connectivity index (χ1v) is 5.15. The van der Waals surface area contributed by atoms with Crippen LogP contribution < -0.4 is 0 Å². The van der Waals surface area contributed by atoms with E-state index in [2.05, 4.69) is 10.2 Å². The molecule has 0 bridgehead atoms. The van der Waals surface area contributed by atoms with E-state index in [0.29, 0.717) is 16.7 Å². The van der Waals surface area contributed by atoms with E-state index in [4.69, 9.17) is 9.52 Å². The Morgan fingerprint density at radius 3 is 2.94 bits per heavy atom. The Labute approximate surface area is 100 Å². The number of furan rings is 1. The monoisotopic (exact) mass is 244 g/mol.